The second kappa shape index (κ2) is 9.08. The number of carbonyl (C=O) groups is 1. The summed E-state index contributed by atoms with van der Waals surface area (Å²) < 4.78 is 33.0. The van der Waals surface area contributed by atoms with E-state index in [9.17, 15) is 13.2 Å². The van der Waals surface area contributed by atoms with Gasteiger partial charge in [-0.1, -0.05) is 53.5 Å². The van der Waals surface area contributed by atoms with Crippen LogP contribution in [-0.4, -0.2) is 20.9 Å². The number of amides is 1. The van der Waals surface area contributed by atoms with E-state index in [-0.39, 0.29) is 21.4 Å². The Hall–Kier alpha value is -2.54. The number of carbonyl (C=O) groups excluding carboxylic acids is 1. The average molecular weight is 464 g/mol. The lowest BCUT2D eigenvalue weighted by atomic mass is 10.1. The smallest absolute Gasteiger partial charge is 0.278 e. The van der Waals surface area contributed by atoms with E-state index in [2.05, 4.69) is 0 Å². The summed E-state index contributed by atoms with van der Waals surface area (Å²) in [6.45, 7) is 3.02. The Morgan fingerprint density at radius 1 is 0.967 bits per heavy atom. The Morgan fingerprint density at radius 3 is 2.37 bits per heavy atom. The van der Waals surface area contributed by atoms with Crippen LogP contribution in [0.3, 0.4) is 0 Å². The van der Waals surface area contributed by atoms with Crippen LogP contribution in [0.4, 0.5) is 5.69 Å². The predicted molar refractivity (Wildman–Crippen MR) is 119 cm³/mol. The molecule has 0 fully saturated rings. The van der Waals surface area contributed by atoms with Crippen LogP contribution in [0.1, 0.15) is 11.1 Å². The summed E-state index contributed by atoms with van der Waals surface area (Å²) in [6.07, 6.45) is 0. The molecule has 0 spiro atoms. The monoisotopic (exact) mass is 463 g/mol. The van der Waals surface area contributed by atoms with Gasteiger partial charge in [0.25, 0.3) is 15.9 Å². The topological polar surface area (TPSA) is 63.7 Å². The average Bonchev–Trinajstić information content (AvgIpc) is 2.72. The fraction of sp³-hybridized carbons (Fsp3) is 0.136. The number of ether oxygens (including phenoxy) is 1. The first kappa shape index (κ1) is 22.2. The van der Waals surface area contributed by atoms with Gasteiger partial charge >= 0.3 is 0 Å². The summed E-state index contributed by atoms with van der Waals surface area (Å²) in [7, 11) is -4.17. The molecule has 0 atom stereocenters. The molecule has 0 saturated carbocycles. The van der Waals surface area contributed by atoms with E-state index >= 15 is 0 Å². The van der Waals surface area contributed by atoms with Crippen LogP contribution in [0.2, 0.25) is 10.0 Å². The van der Waals surface area contributed by atoms with E-state index in [4.69, 9.17) is 27.9 Å². The Kier molecular flexibility index (Phi) is 6.71. The van der Waals surface area contributed by atoms with Gasteiger partial charge in [-0.15, -0.1) is 0 Å². The number of benzene rings is 3. The number of hydrogen-bond acceptors (Lipinski definition) is 4. The molecule has 0 bridgehead atoms. The lowest BCUT2D eigenvalue weighted by molar-refractivity contribution is -0.119. The highest BCUT2D eigenvalue weighted by molar-refractivity contribution is 7.93. The van der Waals surface area contributed by atoms with Crippen molar-refractivity contribution in [3.05, 3.63) is 87.9 Å². The molecule has 3 aromatic rings. The molecule has 0 aliphatic heterocycles. The number of aryl methyl sites for hydroxylation is 2. The third kappa shape index (κ3) is 4.78. The molecule has 30 heavy (non-hydrogen) atoms. The number of hydrogen-bond donors (Lipinski definition) is 0. The van der Waals surface area contributed by atoms with Crippen molar-refractivity contribution in [2.24, 2.45) is 0 Å². The maximum atomic E-state index is 13.4. The molecular weight excluding hydrogens is 445 g/mol. The summed E-state index contributed by atoms with van der Waals surface area (Å²) >= 11 is 12.0. The molecular formula is C22H19Cl2NO4S. The quantitative estimate of drug-likeness (QED) is 0.489. The van der Waals surface area contributed by atoms with Crippen molar-refractivity contribution in [2.75, 3.05) is 10.9 Å². The molecule has 1 amide bonds. The van der Waals surface area contributed by atoms with Crippen molar-refractivity contribution in [1.82, 2.24) is 0 Å². The molecule has 3 rings (SSSR count). The molecule has 3 aromatic carbocycles. The van der Waals surface area contributed by atoms with Crippen molar-refractivity contribution in [3.63, 3.8) is 0 Å². The Balaban J connectivity index is 2.02. The molecule has 5 nitrogen and oxygen atoms in total. The molecule has 0 heterocycles. The summed E-state index contributed by atoms with van der Waals surface area (Å²) in [4.78, 5) is 13.1. The van der Waals surface area contributed by atoms with Crippen molar-refractivity contribution in [3.8, 4) is 5.75 Å². The fourth-order valence-electron chi connectivity index (χ4n) is 2.82. The van der Waals surface area contributed by atoms with Crippen LogP contribution in [-0.2, 0) is 14.8 Å². The minimum atomic E-state index is -4.17. The van der Waals surface area contributed by atoms with Crippen molar-refractivity contribution >= 4 is 44.8 Å². The maximum absolute atomic E-state index is 13.4. The van der Waals surface area contributed by atoms with Crippen LogP contribution in [0.15, 0.2) is 71.6 Å². The molecule has 8 heteroatoms. The molecule has 0 unspecified atom stereocenters. The fourth-order valence-corrected chi connectivity index (χ4v) is 4.64. The zero-order valence-corrected chi connectivity index (χ0v) is 18.6. The highest BCUT2D eigenvalue weighted by atomic mass is 35.5. The van der Waals surface area contributed by atoms with Gasteiger partial charge in [0.2, 0.25) is 0 Å². The van der Waals surface area contributed by atoms with E-state index < -0.39 is 22.5 Å². The predicted octanol–water partition coefficient (Wildman–Crippen LogP) is 5.41. The van der Waals surface area contributed by atoms with Gasteiger partial charge in [-0.3, -0.25) is 4.79 Å². The van der Waals surface area contributed by atoms with Crippen molar-refractivity contribution in [2.45, 2.75) is 18.7 Å². The first-order valence-electron chi connectivity index (χ1n) is 8.98. The van der Waals surface area contributed by atoms with E-state index in [1.807, 2.05) is 13.0 Å². The second-order valence-electron chi connectivity index (χ2n) is 6.63. The molecule has 0 N–H and O–H groups in total. The van der Waals surface area contributed by atoms with E-state index in [1.54, 1.807) is 43.3 Å². The van der Waals surface area contributed by atoms with Crippen LogP contribution in [0, 0.1) is 13.8 Å². The van der Waals surface area contributed by atoms with Crippen molar-refractivity contribution in [1.29, 1.82) is 0 Å². The molecule has 0 aromatic heterocycles. The van der Waals surface area contributed by atoms with Crippen LogP contribution >= 0.6 is 23.2 Å². The van der Waals surface area contributed by atoms with Gasteiger partial charge in [-0.25, -0.2) is 8.42 Å². The van der Waals surface area contributed by atoms with E-state index in [1.165, 1.54) is 24.3 Å². The zero-order chi connectivity index (χ0) is 21.9. The number of sulfonamides is 1. The number of anilines is 1. The standard InChI is InChI=1S/C22H19Cl2NO4S/c1-15-8-9-16(2)20(12-15)25(30(27,28)18-6-4-3-5-7-18)22(26)14-29-21-13-17(23)10-11-19(21)24/h3-13H,14H2,1-2H3. The molecule has 0 aliphatic carbocycles. The Bertz CT molecular complexity index is 1180. The summed E-state index contributed by atoms with van der Waals surface area (Å²) in [5, 5.41) is 0.640. The highest BCUT2D eigenvalue weighted by Gasteiger charge is 2.32. The lowest BCUT2D eigenvalue weighted by Crippen LogP contribution is -2.40. The molecule has 0 radical (unpaired) electrons. The number of nitrogens with zero attached hydrogens (tertiary/aromatic N) is 1. The minimum Gasteiger partial charge on any atom is -0.482 e. The second-order valence-corrected chi connectivity index (χ2v) is 9.26. The number of rotatable bonds is 6. The van der Waals surface area contributed by atoms with Gasteiger partial charge in [-0.2, -0.15) is 4.31 Å². The largest absolute Gasteiger partial charge is 0.482 e. The van der Waals surface area contributed by atoms with Gasteiger partial charge in [0.1, 0.15) is 5.75 Å². The molecule has 156 valence electrons. The molecule has 0 saturated heterocycles. The summed E-state index contributed by atoms with van der Waals surface area (Å²) in [6, 6.07) is 17.6. The van der Waals surface area contributed by atoms with Crippen LogP contribution < -0.4 is 9.04 Å². The third-order valence-corrected chi connectivity index (χ3v) is 6.63. The van der Waals surface area contributed by atoms with Gasteiger partial charge < -0.3 is 4.74 Å². The molecule has 0 aliphatic rings. The number of halogens is 2. The highest BCUT2D eigenvalue weighted by Crippen LogP contribution is 2.30. The van der Waals surface area contributed by atoms with Gasteiger partial charge in [0.05, 0.1) is 15.6 Å². The maximum Gasteiger partial charge on any atom is 0.278 e. The summed E-state index contributed by atoms with van der Waals surface area (Å²) in [5.41, 5.74) is 1.72. The first-order valence-corrected chi connectivity index (χ1v) is 11.2. The van der Waals surface area contributed by atoms with Gasteiger partial charge in [0, 0.05) is 11.1 Å². The van der Waals surface area contributed by atoms with Gasteiger partial charge in [0.15, 0.2) is 6.61 Å². The van der Waals surface area contributed by atoms with Gasteiger partial charge in [-0.05, 0) is 55.3 Å². The van der Waals surface area contributed by atoms with E-state index in [0.29, 0.717) is 10.6 Å². The minimum absolute atomic E-state index is 0.0000408. The Morgan fingerprint density at radius 2 is 1.67 bits per heavy atom. The third-order valence-electron chi connectivity index (χ3n) is 4.34. The zero-order valence-electron chi connectivity index (χ0n) is 16.3. The van der Waals surface area contributed by atoms with Crippen molar-refractivity contribution < 1.29 is 17.9 Å². The SMILES string of the molecule is Cc1ccc(C)c(N(C(=O)COc2cc(Cl)ccc2Cl)S(=O)(=O)c2ccccc2)c1. The lowest BCUT2D eigenvalue weighted by Gasteiger charge is -2.25. The van der Waals surface area contributed by atoms with E-state index in [0.717, 1.165) is 9.87 Å². The Labute approximate surface area is 185 Å². The van der Waals surface area contributed by atoms with Crippen LogP contribution in [0.25, 0.3) is 0 Å². The summed E-state index contributed by atoms with van der Waals surface area (Å²) in [5.74, 6) is -0.570. The first-order chi connectivity index (χ1) is 14.2. The normalized spacial score (nSPS) is 11.2. The van der Waals surface area contributed by atoms with Crippen LogP contribution in [0.5, 0.6) is 5.75 Å².